The first kappa shape index (κ1) is 9.72. The molecule has 0 fully saturated rings. The first-order valence-corrected chi connectivity index (χ1v) is 6.33. The summed E-state index contributed by atoms with van der Waals surface area (Å²) < 4.78 is 3.81. The van der Waals surface area contributed by atoms with E-state index in [0.717, 1.165) is 21.8 Å². The summed E-state index contributed by atoms with van der Waals surface area (Å²) in [5.41, 5.74) is 3.83. The maximum absolute atomic E-state index is 4.35. The highest BCUT2D eigenvalue weighted by atomic mass is 32.1. The molecule has 88 valence electrons. The number of hydrogen-bond acceptors (Lipinski definition) is 5. The Morgan fingerprint density at radius 1 is 1.17 bits per heavy atom. The van der Waals surface area contributed by atoms with Crippen LogP contribution >= 0.6 is 11.3 Å². The van der Waals surface area contributed by atoms with Crippen molar-refractivity contribution in [1.29, 1.82) is 0 Å². The SMILES string of the molecule is c1ccc2c(c1)ncn2Cc1nnc2scnn12. The third-order valence-electron chi connectivity index (χ3n) is 2.84. The lowest BCUT2D eigenvalue weighted by atomic mass is 10.3. The molecule has 0 unspecified atom stereocenters. The molecule has 0 N–H and O–H groups in total. The van der Waals surface area contributed by atoms with E-state index in [1.54, 1.807) is 10.0 Å². The van der Waals surface area contributed by atoms with Gasteiger partial charge in [-0.05, 0) is 12.1 Å². The number of benzene rings is 1. The number of para-hydroxylation sites is 2. The van der Waals surface area contributed by atoms with Gasteiger partial charge in [0.25, 0.3) is 0 Å². The standard InChI is InChI=1S/C11H8N6S/c1-2-4-9-8(3-1)12-6-16(9)5-10-14-15-11-17(10)13-7-18-11/h1-4,6-7H,5H2. The molecule has 0 atom stereocenters. The van der Waals surface area contributed by atoms with Gasteiger partial charge >= 0.3 is 0 Å². The van der Waals surface area contributed by atoms with Crippen LogP contribution in [-0.2, 0) is 6.54 Å². The summed E-state index contributed by atoms with van der Waals surface area (Å²) in [5, 5.41) is 12.4. The average molecular weight is 256 g/mol. The van der Waals surface area contributed by atoms with E-state index in [4.69, 9.17) is 0 Å². The van der Waals surface area contributed by atoms with Crippen LogP contribution in [0.3, 0.4) is 0 Å². The summed E-state index contributed by atoms with van der Waals surface area (Å²) in [6.07, 6.45) is 1.82. The van der Waals surface area contributed by atoms with Crippen molar-refractivity contribution in [3.63, 3.8) is 0 Å². The lowest BCUT2D eigenvalue weighted by Gasteiger charge is -2.00. The summed E-state index contributed by atoms with van der Waals surface area (Å²) in [4.78, 5) is 5.17. The van der Waals surface area contributed by atoms with Gasteiger partial charge in [0.1, 0.15) is 5.51 Å². The van der Waals surface area contributed by atoms with Gasteiger partial charge in [0.05, 0.1) is 23.9 Å². The van der Waals surface area contributed by atoms with Crippen molar-refractivity contribution in [3.05, 3.63) is 41.9 Å². The predicted octanol–water partition coefficient (Wildman–Crippen LogP) is 1.58. The van der Waals surface area contributed by atoms with Crippen LogP contribution in [0.4, 0.5) is 0 Å². The van der Waals surface area contributed by atoms with E-state index < -0.39 is 0 Å². The van der Waals surface area contributed by atoms with Gasteiger partial charge in [0.2, 0.25) is 4.96 Å². The van der Waals surface area contributed by atoms with Gasteiger partial charge in [-0.2, -0.15) is 9.61 Å². The molecule has 0 aliphatic rings. The van der Waals surface area contributed by atoms with Crippen molar-refractivity contribution in [2.45, 2.75) is 6.54 Å². The minimum Gasteiger partial charge on any atom is -0.323 e. The molecule has 0 saturated carbocycles. The number of imidazole rings is 1. The van der Waals surface area contributed by atoms with E-state index in [2.05, 4.69) is 20.3 Å². The fraction of sp³-hybridized carbons (Fsp3) is 0.0909. The molecule has 0 radical (unpaired) electrons. The zero-order chi connectivity index (χ0) is 11.9. The highest BCUT2D eigenvalue weighted by Crippen LogP contribution is 2.14. The van der Waals surface area contributed by atoms with E-state index in [1.807, 2.05) is 35.2 Å². The molecule has 0 spiro atoms. The van der Waals surface area contributed by atoms with Crippen molar-refractivity contribution in [1.82, 2.24) is 29.4 Å². The van der Waals surface area contributed by atoms with Gasteiger partial charge < -0.3 is 4.57 Å². The summed E-state index contributed by atoms with van der Waals surface area (Å²) in [7, 11) is 0. The van der Waals surface area contributed by atoms with E-state index in [1.165, 1.54) is 11.3 Å². The predicted molar refractivity (Wildman–Crippen MR) is 67.5 cm³/mol. The largest absolute Gasteiger partial charge is 0.323 e. The first-order valence-electron chi connectivity index (χ1n) is 5.45. The van der Waals surface area contributed by atoms with Crippen LogP contribution in [-0.4, -0.2) is 29.4 Å². The van der Waals surface area contributed by atoms with Gasteiger partial charge in [-0.3, -0.25) is 0 Å². The van der Waals surface area contributed by atoms with Crippen LogP contribution < -0.4 is 0 Å². The van der Waals surface area contributed by atoms with Crippen LogP contribution in [0.15, 0.2) is 36.1 Å². The summed E-state index contributed by atoms with van der Waals surface area (Å²) >= 11 is 1.48. The van der Waals surface area contributed by atoms with Crippen LogP contribution in [0, 0.1) is 0 Å². The number of fused-ring (bicyclic) bond motifs is 2. The van der Waals surface area contributed by atoms with Crippen molar-refractivity contribution in [2.24, 2.45) is 0 Å². The highest BCUT2D eigenvalue weighted by molar-refractivity contribution is 7.14. The fourth-order valence-corrected chi connectivity index (χ4v) is 2.57. The molecular weight excluding hydrogens is 248 g/mol. The van der Waals surface area contributed by atoms with E-state index in [0.29, 0.717) is 6.54 Å². The molecule has 3 heterocycles. The quantitative estimate of drug-likeness (QED) is 0.546. The van der Waals surface area contributed by atoms with Crippen molar-refractivity contribution >= 4 is 27.3 Å². The fourth-order valence-electron chi connectivity index (χ4n) is 1.99. The number of aromatic nitrogens is 6. The maximum Gasteiger partial charge on any atom is 0.234 e. The van der Waals surface area contributed by atoms with E-state index in [9.17, 15) is 0 Å². The minimum atomic E-state index is 0.616. The molecule has 4 rings (SSSR count). The van der Waals surface area contributed by atoms with Gasteiger partial charge in [-0.25, -0.2) is 4.98 Å². The molecule has 3 aromatic heterocycles. The summed E-state index contributed by atoms with van der Waals surface area (Å²) in [5.74, 6) is 0.814. The monoisotopic (exact) mass is 256 g/mol. The zero-order valence-corrected chi connectivity index (χ0v) is 10.1. The molecule has 4 aromatic rings. The second-order valence-corrected chi connectivity index (χ2v) is 4.72. The third kappa shape index (κ3) is 1.34. The smallest absolute Gasteiger partial charge is 0.234 e. The summed E-state index contributed by atoms with van der Waals surface area (Å²) in [6.45, 7) is 0.616. The van der Waals surface area contributed by atoms with Gasteiger partial charge in [0.15, 0.2) is 5.82 Å². The maximum atomic E-state index is 4.35. The molecule has 0 aliphatic heterocycles. The zero-order valence-electron chi connectivity index (χ0n) is 9.26. The Balaban J connectivity index is 1.83. The van der Waals surface area contributed by atoms with Crippen LogP contribution in [0.2, 0.25) is 0 Å². The number of nitrogens with zero attached hydrogens (tertiary/aromatic N) is 6. The van der Waals surface area contributed by atoms with Crippen LogP contribution in [0.25, 0.3) is 16.0 Å². The van der Waals surface area contributed by atoms with Gasteiger partial charge in [-0.15, -0.1) is 10.2 Å². The molecule has 0 bridgehead atoms. The lowest BCUT2D eigenvalue weighted by Crippen LogP contribution is -2.03. The molecule has 0 aliphatic carbocycles. The lowest BCUT2D eigenvalue weighted by molar-refractivity contribution is 0.726. The normalized spacial score (nSPS) is 11.6. The van der Waals surface area contributed by atoms with Gasteiger partial charge in [0, 0.05) is 0 Å². The van der Waals surface area contributed by atoms with Crippen LogP contribution in [0.1, 0.15) is 5.82 Å². The van der Waals surface area contributed by atoms with Crippen molar-refractivity contribution in [3.8, 4) is 0 Å². The Hall–Kier alpha value is -2.28. The van der Waals surface area contributed by atoms with Crippen molar-refractivity contribution < 1.29 is 0 Å². The molecule has 7 heteroatoms. The topological polar surface area (TPSA) is 60.9 Å². The average Bonchev–Trinajstić information content (AvgIpc) is 3.08. The van der Waals surface area contributed by atoms with E-state index >= 15 is 0 Å². The molecule has 18 heavy (non-hydrogen) atoms. The van der Waals surface area contributed by atoms with Crippen LogP contribution in [0.5, 0.6) is 0 Å². The number of rotatable bonds is 2. The number of hydrogen-bond donors (Lipinski definition) is 0. The molecule has 0 saturated heterocycles. The molecular formula is C11H8N6S. The molecule has 1 aromatic carbocycles. The second kappa shape index (κ2) is 3.61. The Morgan fingerprint density at radius 3 is 3.11 bits per heavy atom. The summed E-state index contributed by atoms with van der Waals surface area (Å²) in [6, 6.07) is 8.02. The third-order valence-corrected chi connectivity index (χ3v) is 3.50. The van der Waals surface area contributed by atoms with Crippen molar-refractivity contribution in [2.75, 3.05) is 0 Å². The first-order chi connectivity index (χ1) is 8.92. The Labute approximate surface area is 106 Å². The Kier molecular flexibility index (Phi) is 1.95. The highest BCUT2D eigenvalue weighted by Gasteiger charge is 2.09. The van der Waals surface area contributed by atoms with Gasteiger partial charge in [-0.1, -0.05) is 23.5 Å². The Bertz CT molecular complexity index is 826. The second-order valence-electron chi connectivity index (χ2n) is 3.91. The minimum absolute atomic E-state index is 0.616. The molecule has 6 nitrogen and oxygen atoms in total. The van der Waals surface area contributed by atoms with E-state index in [-0.39, 0.29) is 0 Å². The molecule has 0 amide bonds. The Morgan fingerprint density at radius 2 is 2.11 bits per heavy atom.